The third kappa shape index (κ3) is 2.81. The van der Waals surface area contributed by atoms with Crippen LogP contribution in [0.15, 0.2) is 0 Å². The van der Waals surface area contributed by atoms with Crippen LogP contribution in [0.1, 0.15) is 13.3 Å². The van der Waals surface area contributed by atoms with Crippen molar-refractivity contribution in [1.29, 1.82) is 0 Å². The van der Waals surface area contributed by atoms with Crippen molar-refractivity contribution in [2.75, 3.05) is 27.2 Å². The van der Waals surface area contributed by atoms with Gasteiger partial charge in [-0.3, -0.25) is 4.79 Å². The highest BCUT2D eigenvalue weighted by Gasteiger charge is 2.31. The number of carbonyl (C=O) groups is 1. The number of amides is 1. The molecule has 0 heterocycles. The molecule has 0 aromatic heterocycles. The average Bonchev–Trinajstić information content (AvgIpc) is 2.66. The second kappa shape index (κ2) is 3.90. The Morgan fingerprint density at radius 3 is 2.58 bits per heavy atom. The SMILES string of the molecule is CC1CC1CNCC(=O)N(C)C. The zero-order chi connectivity index (χ0) is 9.14. The predicted molar refractivity (Wildman–Crippen MR) is 48.8 cm³/mol. The second-order valence-corrected chi connectivity index (χ2v) is 3.89. The second-order valence-electron chi connectivity index (χ2n) is 3.89. The van der Waals surface area contributed by atoms with Gasteiger partial charge in [-0.15, -0.1) is 0 Å². The Balaban J connectivity index is 1.99. The minimum absolute atomic E-state index is 0.156. The number of nitrogens with one attached hydrogen (secondary N) is 1. The molecule has 0 aliphatic heterocycles. The lowest BCUT2D eigenvalue weighted by Crippen LogP contribution is -2.33. The molecule has 1 aliphatic rings. The van der Waals surface area contributed by atoms with Crippen molar-refractivity contribution in [2.24, 2.45) is 11.8 Å². The van der Waals surface area contributed by atoms with Gasteiger partial charge in [0.05, 0.1) is 6.54 Å². The Morgan fingerprint density at radius 1 is 1.58 bits per heavy atom. The summed E-state index contributed by atoms with van der Waals surface area (Å²) in [6, 6.07) is 0. The van der Waals surface area contributed by atoms with Crippen LogP contribution in [0.5, 0.6) is 0 Å². The van der Waals surface area contributed by atoms with Crippen molar-refractivity contribution in [2.45, 2.75) is 13.3 Å². The molecule has 0 radical (unpaired) electrons. The summed E-state index contributed by atoms with van der Waals surface area (Å²) in [5.74, 6) is 1.84. The summed E-state index contributed by atoms with van der Waals surface area (Å²) in [7, 11) is 3.56. The fourth-order valence-electron chi connectivity index (χ4n) is 1.21. The molecular formula is C9H18N2O. The molecule has 70 valence electrons. The molecule has 3 heteroatoms. The number of hydrogen-bond donors (Lipinski definition) is 1. The van der Waals surface area contributed by atoms with E-state index in [-0.39, 0.29) is 5.91 Å². The van der Waals surface area contributed by atoms with Crippen LogP contribution in [-0.4, -0.2) is 38.0 Å². The molecule has 2 unspecified atom stereocenters. The molecule has 1 N–H and O–H groups in total. The Kier molecular flexibility index (Phi) is 3.09. The van der Waals surface area contributed by atoms with E-state index >= 15 is 0 Å². The van der Waals surface area contributed by atoms with Crippen LogP contribution in [0.25, 0.3) is 0 Å². The Bertz CT molecular complexity index is 168. The molecule has 0 spiro atoms. The van der Waals surface area contributed by atoms with Crippen LogP contribution in [0.2, 0.25) is 0 Å². The van der Waals surface area contributed by atoms with Crippen molar-refractivity contribution in [3.8, 4) is 0 Å². The molecular weight excluding hydrogens is 152 g/mol. The molecule has 1 aliphatic carbocycles. The first-order chi connectivity index (χ1) is 5.61. The third-order valence-electron chi connectivity index (χ3n) is 2.46. The van der Waals surface area contributed by atoms with Crippen LogP contribution < -0.4 is 5.32 Å². The lowest BCUT2D eigenvalue weighted by Gasteiger charge is -2.10. The van der Waals surface area contributed by atoms with Gasteiger partial charge in [-0.1, -0.05) is 6.92 Å². The predicted octanol–water partition coefficient (Wildman–Crippen LogP) is 0.320. The minimum atomic E-state index is 0.156. The van der Waals surface area contributed by atoms with Gasteiger partial charge >= 0.3 is 0 Å². The quantitative estimate of drug-likeness (QED) is 0.659. The van der Waals surface area contributed by atoms with Crippen LogP contribution in [0.3, 0.4) is 0 Å². The maximum atomic E-state index is 11.1. The molecule has 0 bridgehead atoms. The van der Waals surface area contributed by atoms with E-state index in [2.05, 4.69) is 12.2 Å². The van der Waals surface area contributed by atoms with E-state index in [1.807, 2.05) is 0 Å². The summed E-state index contributed by atoms with van der Waals surface area (Å²) in [4.78, 5) is 12.7. The van der Waals surface area contributed by atoms with E-state index in [0.29, 0.717) is 6.54 Å². The van der Waals surface area contributed by atoms with Crippen molar-refractivity contribution in [1.82, 2.24) is 10.2 Å². The van der Waals surface area contributed by atoms with Gasteiger partial charge in [-0.2, -0.15) is 0 Å². The fourth-order valence-corrected chi connectivity index (χ4v) is 1.21. The number of rotatable bonds is 4. The summed E-state index contributed by atoms with van der Waals surface area (Å²) < 4.78 is 0. The molecule has 1 saturated carbocycles. The highest BCUT2D eigenvalue weighted by Crippen LogP contribution is 2.36. The lowest BCUT2D eigenvalue weighted by atomic mass is 10.3. The Morgan fingerprint density at radius 2 is 2.17 bits per heavy atom. The van der Waals surface area contributed by atoms with Gasteiger partial charge in [-0.05, 0) is 24.8 Å². The third-order valence-corrected chi connectivity index (χ3v) is 2.46. The standard InChI is InChI=1S/C9H18N2O/c1-7-4-8(7)5-10-6-9(12)11(2)3/h7-8,10H,4-6H2,1-3H3. The van der Waals surface area contributed by atoms with Crippen LogP contribution in [-0.2, 0) is 4.79 Å². The maximum Gasteiger partial charge on any atom is 0.236 e. The molecule has 1 amide bonds. The summed E-state index contributed by atoms with van der Waals surface area (Å²) in [6.07, 6.45) is 1.32. The van der Waals surface area contributed by atoms with Crippen molar-refractivity contribution < 1.29 is 4.79 Å². The van der Waals surface area contributed by atoms with E-state index in [1.165, 1.54) is 6.42 Å². The summed E-state index contributed by atoms with van der Waals surface area (Å²) in [5, 5.41) is 3.17. The topological polar surface area (TPSA) is 32.3 Å². The molecule has 1 rings (SSSR count). The van der Waals surface area contributed by atoms with Crippen LogP contribution >= 0.6 is 0 Å². The van der Waals surface area contributed by atoms with Gasteiger partial charge in [0, 0.05) is 14.1 Å². The van der Waals surface area contributed by atoms with Gasteiger partial charge < -0.3 is 10.2 Å². The van der Waals surface area contributed by atoms with Gasteiger partial charge in [0.1, 0.15) is 0 Å². The van der Waals surface area contributed by atoms with Gasteiger partial charge in [0.15, 0.2) is 0 Å². The van der Waals surface area contributed by atoms with Gasteiger partial charge in [0.25, 0.3) is 0 Å². The maximum absolute atomic E-state index is 11.1. The van der Waals surface area contributed by atoms with Crippen LogP contribution in [0, 0.1) is 11.8 Å². The number of hydrogen-bond acceptors (Lipinski definition) is 2. The van der Waals surface area contributed by atoms with E-state index in [0.717, 1.165) is 18.4 Å². The first-order valence-electron chi connectivity index (χ1n) is 4.52. The van der Waals surface area contributed by atoms with E-state index in [1.54, 1.807) is 19.0 Å². The normalized spacial score (nSPS) is 26.9. The van der Waals surface area contributed by atoms with Crippen molar-refractivity contribution >= 4 is 5.91 Å². The summed E-state index contributed by atoms with van der Waals surface area (Å²) in [6.45, 7) is 3.73. The van der Waals surface area contributed by atoms with Crippen LogP contribution in [0.4, 0.5) is 0 Å². The average molecular weight is 170 g/mol. The number of carbonyl (C=O) groups excluding carboxylic acids is 1. The Hall–Kier alpha value is -0.570. The Labute approximate surface area is 74.1 Å². The molecule has 0 aromatic rings. The van der Waals surface area contributed by atoms with Crippen molar-refractivity contribution in [3.63, 3.8) is 0 Å². The summed E-state index contributed by atoms with van der Waals surface area (Å²) in [5.41, 5.74) is 0. The lowest BCUT2D eigenvalue weighted by molar-refractivity contribution is -0.127. The molecule has 0 saturated heterocycles. The zero-order valence-corrected chi connectivity index (χ0v) is 8.13. The van der Waals surface area contributed by atoms with E-state index in [9.17, 15) is 4.79 Å². The van der Waals surface area contributed by atoms with Gasteiger partial charge in [-0.25, -0.2) is 0 Å². The molecule has 3 nitrogen and oxygen atoms in total. The van der Waals surface area contributed by atoms with E-state index in [4.69, 9.17) is 0 Å². The number of likely N-dealkylation sites (N-methyl/N-ethyl adjacent to an activating group) is 1. The van der Waals surface area contributed by atoms with Gasteiger partial charge in [0.2, 0.25) is 5.91 Å². The largest absolute Gasteiger partial charge is 0.348 e. The minimum Gasteiger partial charge on any atom is -0.348 e. The monoisotopic (exact) mass is 170 g/mol. The smallest absolute Gasteiger partial charge is 0.236 e. The number of nitrogens with zero attached hydrogens (tertiary/aromatic N) is 1. The molecule has 1 fully saturated rings. The highest BCUT2D eigenvalue weighted by atomic mass is 16.2. The molecule has 12 heavy (non-hydrogen) atoms. The fraction of sp³-hybridized carbons (Fsp3) is 0.889. The zero-order valence-electron chi connectivity index (χ0n) is 8.13. The van der Waals surface area contributed by atoms with E-state index < -0.39 is 0 Å². The summed E-state index contributed by atoms with van der Waals surface area (Å²) >= 11 is 0. The first-order valence-corrected chi connectivity index (χ1v) is 4.52. The molecule has 2 atom stereocenters. The first kappa shape index (κ1) is 9.52. The molecule has 0 aromatic carbocycles. The highest BCUT2D eigenvalue weighted by molar-refractivity contribution is 5.77. The van der Waals surface area contributed by atoms with Crippen molar-refractivity contribution in [3.05, 3.63) is 0 Å².